The molecule has 2 aromatic heterocycles. The van der Waals surface area contributed by atoms with Crippen molar-refractivity contribution < 1.29 is 18.8 Å². The van der Waals surface area contributed by atoms with Crippen LogP contribution >= 0.6 is 34.5 Å². The Morgan fingerprint density at radius 2 is 2.08 bits per heavy atom. The van der Waals surface area contributed by atoms with E-state index in [-0.39, 0.29) is 28.1 Å². The van der Waals surface area contributed by atoms with Crippen LogP contribution in [0.5, 0.6) is 5.75 Å². The van der Waals surface area contributed by atoms with Crippen LogP contribution in [-0.4, -0.2) is 23.2 Å². The summed E-state index contributed by atoms with van der Waals surface area (Å²) >= 11 is 13.5. The van der Waals surface area contributed by atoms with E-state index < -0.39 is 5.97 Å². The van der Waals surface area contributed by atoms with Crippen molar-refractivity contribution in [2.24, 2.45) is 0 Å². The fourth-order valence-electron chi connectivity index (χ4n) is 1.90. The average molecular weight is 385 g/mol. The maximum atomic E-state index is 12.1. The average Bonchev–Trinajstić information content (AvgIpc) is 3.23. The van der Waals surface area contributed by atoms with E-state index in [9.17, 15) is 4.79 Å². The molecule has 0 atom stereocenters. The van der Waals surface area contributed by atoms with Gasteiger partial charge in [-0.05, 0) is 23.6 Å². The first-order valence-electron chi connectivity index (χ1n) is 6.65. The van der Waals surface area contributed by atoms with Gasteiger partial charge in [-0.1, -0.05) is 34.4 Å². The standard InChI is InChI=1S/C15H10Cl2N2O4S/c1-21-13-9(16)5-8(6-10(13)17)15(20)22-7-12-18-14(19-23-12)11-3-2-4-24-11/h2-6H,7H2,1H3. The van der Waals surface area contributed by atoms with Crippen molar-refractivity contribution in [2.75, 3.05) is 7.11 Å². The first kappa shape index (κ1) is 16.8. The molecule has 0 bridgehead atoms. The van der Waals surface area contributed by atoms with Gasteiger partial charge in [-0.2, -0.15) is 4.98 Å². The lowest BCUT2D eigenvalue weighted by atomic mass is 10.2. The van der Waals surface area contributed by atoms with Crippen LogP contribution in [0.1, 0.15) is 16.2 Å². The van der Waals surface area contributed by atoms with Crippen LogP contribution in [0.2, 0.25) is 10.0 Å². The number of methoxy groups -OCH3 is 1. The monoisotopic (exact) mass is 384 g/mol. The molecule has 0 N–H and O–H groups in total. The summed E-state index contributed by atoms with van der Waals surface area (Å²) in [7, 11) is 1.44. The second kappa shape index (κ2) is 7.21. The van der Waals surface area contributed by atoms with E-state index >= 15 is 0 Å². The van der Waals surface area contributed by atoms with Gasteiger partial charge in [-0.3, -0.25) is 0 Å². The summed E-state index contributed by atoms with van der Waals surface area (Å²) in [5.41, 5.74) is 0.198. The van der Waals surface area contributed by atoms with Crippen molar-refractivity contribution in [1.29, 1.82) is 0 Å². The minimum Gasteiger partial charge on any atom is -0.494 e. The number of nitrogens with zero attached hydrogens (tertiary/aromatic N) is 2. The highest BCUT2D eigenvalue weighted by molar-refractivity contribution is 7.13. The topological polar surface area (TPSA) is 74.5 Å². The maximum absolute atomic E-state index is 12.1. The molecular formula is C15H10Cl2N2O4S. The van der Waals surface area contributed by atoms with E-state index in [0.717, 1.165) is 4.88 Å². The van der Waals surface area contributed by atoms with E-state index in [1.54, 1.807) is 0 Å². The number of benzene rings is 1. The van der Waals surface area contributed by atoms with Crippen LogP contribution in [0.15, 0.2) is 34.2 Å². The lowest BCUT2D eigenvalue weighted by molar-refractivity contribution is 0.0430. The Labute approximate surface area is 150 Å². The third-order valence-corrected chi connectivity index (χ3v) is 4.40. The first-order chi connectivity index (χ1) is 11.6. The van der Waals surface area contributed by atoms with Crippen LogP contribution in [0.25, 0.3) is 10.7 Å². The van der Waals surface area contributed by atoms with Crippen LogP contribution < -0.4 is 4.74 Å². The smallest absolute Gasteiger partial charge is 0.338 e. The number of halogens is 2. The molecule has 3 rings (SSSR count). The molecule has 0 amide bonds. The molecule has 0 aliphatic rings. The molecule has 0 saturated carbocycles. The second-order valence-electron chi connectivity index (χ2n) is 4.54. The largest absolute Gasteiger partial charge is 0.494 e. The SMILES string of the molecule is COc1c(Cl)cc(C(=O)OCc2nc(-c3cccs3)no2)cc1Cl. The van der Waals surface area contributed by atoms with Crippen LogP contribution in [0.3, 0.4) is 0 Å². The predicted octanol–water partition coefficient (Wildman–Crippen LogP) is 4.47. The normalized spacial score (nSPS) is 10.6. The van der Waals surface area contributed by atoms with E-state index in [1.165, 1.54) is 30.6 Å². The number of carbonyl (C=O) groups is 1. The highest BCUT2D eigenvalue weighted by Gasteiger charge is 2.16. The van der Waals surface area contributed by atoms with Gasteiger partial charge in [-0.25, -0.2) is 4.79 Å². The van der Waals surface area contributed by atoms with Crippen molar-refractivity contribution >= 4 is 40.5 Å². The van der Waals surface area contributed by atoms with Crippen molar-refractivity contribution in [3.63, 3.8) is 0 Å². The predicted molar refractivity (Wildman–Crippen MR) is 89.7 cm³/mol. The third-order valence-electron chi connectivity index (χ3n) is 2.97. The Hall–Kier alpha value is -2.09. The molecule has 0 fully saturated rings. The fourth-order valence-corrected chi connectivity index (χ4v) is 3.19. The van der Waals surface area contributed by atoms with Gasteiger partial charge in [0, 0.05) is 0 Å². The van der Waals surface area contributed by atoms with Gasteiger partial charge in [0.1, 0.15) is 0 Å². The van der Waals surface area contributed by atoms with Crippen LogP contribution in [0.4, 0.5) is 0 Å². The fraction of sp³-hybridized carbons (Fsp3) is 0.133. The van der Waals surface area contributed by atoms with Gasteiger partial charge in [-0.15, -0.1) is 11.3 Å². The van der Waals surface area contributed by atoms with Crippen molar-refractivity contribution in [3.8, 4) is 16.5 Å². The highest BCUT2D eigenvalue weighted by Crippen LogP contribution is 2.34. The number of esters is 1. The number of hydrogen-bond donors (Lipinski definition) is 0. The van der Waals surface area contributed by atoms with Crippen molar-refractivity contribution in [1.82, 2.24) is 10.1 Å². The summed E-state index contributed by atoms with van der Waals surface area (Å²) in [4.78, 5) is 17.1. The number of aromatic nitrogens is 2. The number of rotatable bonds is 5. The minimum atomic E-state index is -0.614. The first-order valence-corrected chi connectivity index (χ1v) is 8.28. The summed E-state index contributed by atoms with van der Waals surface area (Å²) in [5, 5.41) is 6.17. The summed E-state index contributed by atoms with van der Waals surface area (Å²) in [5.74, 6) is 0.328. The van der Waals surface area contributed by atoms with Gasteiger partial charge in [0.05, 0.1) is 27.6 Å². The van der Waals surface area contributed by atoms with Gasteiger partial charge >= 0.3 is 5.97 Å². The minimum absolute atomic E-state index is 0.154. The van der Waals surface area contributed by atoms with E-state index in [1.807, 2.05) is 17.5 Å². The molecule has 0 aliphatic carbocycles. The second-order valence-corrected chi connectivity index (χ2v) is 6.30. The zero-order valence-electron chi connectivity index (χ0n) is 12.3. The van der Waals surface area contributed by atoms with Gasteiger partial charge in [0.2, 0.25) is 5.82 Å². The molecule has 2 heterocycles. The lowest BCUT2D eigenvalue weighted by Gasteiger charge is -2.08. The Kier molecular flexibility index (Phi) is 5.03. The number of carbonyl (C=O) groups excluding carboxylic acids is 1. The molecule has 1 aromatic carbocycles. The highest BCUT2D eigenvalue weighted by atomic mass is 35.5. The molecular weight excluding hydrogens is 375 g/mol. The number of thiophene rings is 1. The van der Waals surface area contributed by atoms with E-state index in [0.29, 0.717) is 11.6 Å². The molecule has 3 aromatic rings. The Morgan fingerprint density at radius 3 is 2.71 bits per heavy atom. The van der Waals surface area contributed by atoms with Crippen molar-refractivity contribution in [2.45, 2.75) is 6.61 Å². The summed E-state index contributed by atoms with van der Waals surface area (Å²) in [6, 6.07) is 6.58. The van der Waals surface area contributed by atoms with Gasteiger partial charge in [0.25, 0.3) is 5.89 Å². The molecule has 0 aliphatic heterocycles. The van der Waals surface area contributed by atoms with Gasteiger partial charge in [0.15, 0.2) is 12.4 Å². The molecule has 0 unspecified atom stereocenters. The quantitative estimate of drug-likeness (QED) is 0.604. The third kappa shape index (κ3) is 3.53. The molecule has 24 heavy (non-hydrogen) atoms. The summed E-state index contributed by atoms with van der Waals surface area (Å²) in [6.07, 6.45) is 0. The Morgan fingerprint density at radius 1 is 1.33 bits per heavy atom. The molecule has 0 radical (unpaired) electrons. The molecule has 124 valence electrons. The molecule has 0 spiro atoms. The Bertz CT molecular complexity index is 841. The molecule has 6 nitrogen and oxygen atoms in total. The summed E-state index contributed by atoms with van der Waals surface area (Å²) in [6.45, 7) is -0.154. The van der Waals surface area contributed by atoms with E-state index in [4.69, 9.17) is 37.2 Å². The number of ether oxygens (including phenoxy) is 2. The van der Waals surface area contributed by atoms with Gasteiger partial charge < -0.3 is 14.0 Å². The van der Waals surface area contributed by atoms with Crippen molar-refractivity contribution in [3.05, 3.63) is 51.1 Å². The molecule has 9 heteroatoms. The van der Waals surface area contributed by atoms with Crippen LogP contribution in [-0.2, 0) is 11.3 Å². The summed E-state index contributed by atoms with van der Waals surface area (Å²) < 4.78 is 15.2. The Balaban J connectivity index is 1.68. The van der Waals surface area contributed by atoms with Crippen LogP contribution in [0, 0.1) is 0 Å². The lowest BCUT2D eigenvalue weighted by Crippen LogP contribution is -2.06. The van der Waals surface area contributed by atoms with E-state index in [2.05, 4.69) is 10.1 Å². The number of hydrogen-bond acceptors (Lipinski definition) is 7. The maximum Gasteiger partial charge on any atom is 0.338 e. The zero-order valence-corrected chi connectivity index (χ0v) is 14.6. The zero-order chi connectivity index (χ0) is 17.1. The molecule has 0 saturated heterocycles.